The van der Waals surface area contributed by atoms with Crippen LogP contribution in [0.1, 0.15) is 35.5 Å². The third-order valence-corrected chi connectivity index (χ3v) is 7.05. The molecule has 42 heavy (non-hydrogen) atoms. The Kier molecular flexibility index (Phi) is 9.75. The quantitative estimate of drug-likeness (QED) is 0.239. The van der Waals surface area contributed by atoms with E-state index in [4.69, 9.17) is 25.8 Å². The Balaban J connectivity index is 1.54. The number of rotatable bonds is 11. The molecule has 0 saturated heterocycles. The van der Waals surface area contributed by atoms with Crippen LogP contribution in [0, 0.1) is 6.92 Å². The van der Waals surface area contributed by atoms with Crippen LogP contribution in [0.15, 0.2) is 60.7 Å². The molecule has 4 rings (SSSR count). The Bertz CT molecular complexity index is 1610. The smallest absolute Gasteiger partial charge is 0.262 e. The predicted molar refractivity (Wildman–Crippen MR) is 163 cm³/mol. The van der Waals surface area contributed by atoms with E-state index in [-0.39, 0.29) is 30.7 Å². The second-order valence-corrected chi connectivity index (χ2v) is 10.0. The predicted octanol–water partition coefficient (Wildman–Crippen LogP) is 5.74. The van der Waals surface area contributed by atoms with Gasteiger partial charge < -0.3 is 24.4 Å². The number of amides is 2. The topological polar surface area (TPSA) is 99.1 Å². The molecule has 3 aromatic carbocycles. The lowest BCUT2D eigenvalue weighted by atomic mass is 10.1. The zero-order valence-electron chi connectivity index (χ0n) is 24.3. The van der Waals surface area contributed by atoms with E-state index in [1.807, 2.05) is 19.9 Å². The number of carbonyl (C=O) groups excluding carboxylic acids is 3. The highest BCUT2D eigenvalue weighted by Gasteiger charge is 2.24. The minimum atomic E-state index is -0.365. The highest BCUT2D eigenvalue weighted by Crippen LogP contribution is 2.32. The molecule has 0 spiro atoms. The van der Waals surface area contributed by atoms with Gasteiger partial charge in [-0.1, -0.05) is 11.6 Å². The van der Waals surface area contributed by atoms with E-state index in [1.165, 1.54) is 4.90 Å². The van der Waals surface area contributed by atoms with Crippen molar-refractivity contribution in [3.63, 3.8) is 0 Å². The normalized spacial score (nSPS) is 10.8. The lowest BCUT2D eigenvalue weighted by Gasteiger charge is -2.18. The first-order chi connectivity index (χ1) is 20.2. The number of nitrogens with zero attached hydrogens (tertiary/aromatic N) is 2. The van der Waals surface area contributed by atoms with Crippen LogP contribution in [0.25, 0.3) is 10.9 Å². The SMILES string of the molecule is CCOc1ccc(NC(=O)CN(C)C(=O)Cc2c(C)n(C(=O)c3ccc(Cl)cc3)c3ccc(OC)cc23)cc1OCC. The Morgan fingerprint density at radius 1 is 0.929 bits per heavy atom. The van der Waals surface area contributed by atoms with Crippen molar-refractivity contribution in [1.29, 1.82) is 0 Å². The highest BCUT2D eigenvalue weighted by atomic mass is 35.5. The molecular weight excluding hydrogens is 558 g/mol. The molecular formula is C32H34ClN3O6. The third-order valence-electron chi connectivity index (χ3n) is 6.80. The molecule has 4 aromatic rings. The molecule has 1 heterocycles. The maximum Gasteiger partial charge on any atom is 0.262 e. The van der Waals surface area contributed by atoms with Crippen molar-refractivity contribution < 1.29 is 28.6 Å². The number of nitrogens with one attached hydrogen (secondary N) is 1. The van der Waals surface area contributed by atoms with Gasteiger partial charge in [-0.15, -0.1) is 0 Å². The molecule has 0 fully saturated rings. The lowest BCUT2D eigenvalue weighted by Crippen LogP contribution is -2.36. The summed E-state index contributed by atoms with van der Waals surface area (Å²) in [6.45, 7) is 6.31. The maximum absolute atomic E-state index is 13.5. The minimum absolute atomic E-state index is 0.0162. The molecule has 1 N–H and O–H groups in total. The summed E-state index contributed by atoms with van der Waals surface area (Å²) in [4.78, 5) is 41.1. The van der Waals surface area contributed by atoms with Gasteiger partial charge >= 0.3 is 0 Å². The van der Waals surface area contributed by atoms with Gasteiger partial charge in [-0.3, -0.25) is 19.0 Å². The van der Waals surface area contributed by atoms with Crippen LogP contribution in [0.5, 0.6) is 17.2 Å². The van der Waals surface area contributed by atoms with Gasteiger partial charge in [-0.2, -0.15) is 0 Å². The number of methoxy groups -OCH3 is 1. The fourth-order valence-corrected chi connectivity index (χ4v) is 4.84. The molecule has 0 aliphatic carbocycles. The van der Waals surface area contributed by atoms with Crippen molar-refractivity contribution >= 4 is 45.9 Å². The molecule has 0 atom stereocenters. The molecule has 10 heteroatoms. The number of likely N-dealkylation sites (N-methyl/N-ethyl adjacent to an activating group) is 1. The molecule has 2 amide bonds. The lowest BCUT2D eigenvalue weighted by molar-refractivity contribution is -0.132. The van der Waals surface area contributed by atoms with Gasteiger partial charge in [0.05, 0.1) is 38.8 Å². The summed E-state index contributed by atoms with van der Waals surface area (Å²) in [6, 6.07) is 17.2. The van der Waals surface area contributed by atoms with Crippen LogP contribution in [0.3, 0.4) is 0 Å². The summed E-state index contributed by atoms with van der Waals surface area (Å²) in [6.07, 6.45) is -0.0162. The van der Waals surface area contributed by atoms with Crippen LogP contribution in [-0.4, -0.2) is 61.1 Å². The first-order valence-electron chi connectivity index (χ1n) is 13.6. The van der Waals surface area contributed by atoms with Crippen LogP contribution in [0.4, 0.5) is 5.69 Å². The Labute approximate surface area is 249 Å². The van der Waals surface area contributed by atoms with Crippen LogP contribution < -0.4 is 19.5 Å². The van der Waals surface area contributed by atoms with Gasteiger partial charge in [0.25, 0.3) is 5.91 Å². The van der Waals surface area contributed by atoms with Crippen molar-refractivity contribution in [1.82, 2.24) is 9.47 Å². The van der Waals surface area contributed by atoms with Crippen LogP contribution >= 0.6 is 11.6 Å². The maximum atomic E-state index is 13.5. The van der Waals surface area contributed by atoms with E-state index in [9.17, 15) is 14.4 Å². The molecule has 9 nitrogen and oxygen atoms in total. The molecule has 1 aromatic heterocycles. The van der Waals surface area contributed by atoms with Crippen molar-refractivity contribution in [2.24, 2.45) is 0 Å². The summed E-state index contributed by atoms with van der Waals surface area (Å²) in [5.41, 5.74) is 2.94. The number of anilines is 1. The van der Waals surface area contributed by atoms with Gasteiger partial charge in [0.1, 0.15) is 5.75 Å². The van der Waals surface area contributed by atoms with Gasteiger partial charge in [0.15, 0.2) is 11.5 Å². The van der Waals surface area contributed by atoms with Gasteiger partial charge in [-0.25, -0.2) is 0 Å². The summed E-state index contributed by atoms with van der Waals surface area (Å²) >= 11 is 6.02. The van der Waals surface area contributed by atoms with Gasteiger partial charge in [0.2, 0.25) is 11.8 Å². The number of benzene rings is 3. The second-order valence-electron chi connectivity index (χ2n) is 9.60. The highest BCUT2D eigenvalue weighted by molar-refractivity contribution is 6.30. The minimum Gasteiger partial charge on any atom is -0.497 e. The van der Waals surface area contributed by atoms with E-state index in [2.05, 4.69) is 5.32 Å². The summed E-state index contributed by atoms with van der Waals surface area (Å²) < 4.78 is 18.2. The Hall–Kier alpha value is -4.50. The molecule has 0 aliphatic heterocycles. The number of ether oxygens (including phenoxy) is 3. The number of hydrogen-bond donors (Lipinski definition) is 1. The number of aromatic nitrogens is 1. The van der Waals surface area contributed by atoms with E-state index < -0.39 is 0 Å². The Morgan fingerprint density at radius 3 is 2.29 bits per heavy atom. The fourth-order valence-electron chi connectivity index (χ4n) is 4.71. The molecule has 0 unspecified atom stereocenters. The molecule has 0 aliphatic rings. The van der Waals surface area contributed by atoms with E-state index >= 15 is 0 Å². The van der Waals surface area contributed by atoms with Gasteiger partial charge in [-0.05, 0) is 80.9 Å². The van der Waals surface area contributed by atoms with Gasteiger partial charge in [0, 0.05) is 40.5 Å². The monoisotopic (exact) mass is 591 g/mol. The summed E-state index contributed by atoms with van der Waals surface area (Å²) in [7, 11) is 3.13. The first-order valence-corrected chi connectivity index (χ1v) is 14.0. The molecule has 0 saturated carbocycles. The van der Waals surface area contributed by atoms with Crippen molar-refractivity contribution in [3.05, 3.63) is 82.5 Å². The zero-order chi connectivity index (χ0) is 30.4. The molecule has 220 valence electrons. The average Bonchev–Trinajstić information content (AvgIpc) is 3.24. The van der Waals surface area contributed by atoms with E-state index in [0.29, 0.717) is 63.5 Å². The largest absolute Gasteiger partial charge is 0.497 e. The van der Waals surface area contributed by atoms with E-state index in [1.54, 1.807) is 80.2 Å². The van der Waals surface area contributed by atoms with Crippen LogP contribution in [-0.2, 0) is 16.0 Å². The standard InChI is InChI=1S/C32H34ClN3O6/c1-6-41-28-15-12-23(16-29(28)42-7-2)34-30(37)19-35(4)31(38)18-25-20(3)36(27-14-13-24(40-5)17-26(25)27)32(39)21-8-10-22(33)11-9-21/h8-17H,6-7,18-19H2,1-5H3,(H,34,37). The number of hydrogen-bond acceptors (Lipinski definition) is 6. The number of fused-ring (bicyclic) bond motifs is 1. The summed E-state index contributed by atoms with van der Waals surface area (Å²) in [5.74, 6) is 0.823. The average molecular weight is 592 g/mol. The summed E-state index contributed by atoms with van der Waals surface area (Å²) in [5, 5.41) is 4.06. The number of halogens is 1. The van der Waals surface area contributed by atoms with Crippen molar-refractivity contribution in [2.45, 2.75) is 27.2 Å². The Morgan fingerprint density at radius 2 is 1.62 bits per heavy atom. The second kappa shape index (κ2) is 13.4. The first kappa shape index (κ1) is 30.5. The molecule has 0 radical (unpaired) electrons. The van der Waals surface area contributed by atoms with Crippen molar-refractivity contribution in [3.8, 4) is 17.2 Å². The molecule has 0 bridgehead atoms. The van der Waals surface area contributed by atoms with Crippen molar-refractivity contribution in [2.75, 3.05) is 39.2 Å². The van der Waals surface area contributed by atoms with Crippen LogP contribution in [0.2, 0.25) is 5.02 Å². The zero-order valence-corrected chi connectivity index (χ0v) is 25.1. The fraction of sp³-hybridized carbons (Fsp3) is 0.281. The number of carbonyl (C=O) groups is 3. The third kappa shape index (κ3) is 6.69. The van der Waals surface area contributed by atoms with E-state index in [0.717, 1.165) is 5.39 Å².